The van der Waals surface area contributed by atoms with Crippen LogP contribution in [0.4, 0.5) is 0 Å². The molecule has 0 unspecified atom stereocenters. The molecule has 33 heavy (non-hydrogen) atoms. The number of furan rings is 1. The minimum absolute atomic E-state index is 0.112. The van der Waals surface area contributed by atoms with Crippen LogP contribution in [-0.2, 0) is 17.8 Å². The van der Waals surface area contributed by atoms with Gasteiger partial charge in [0.2, 0.25) is 0 Å². The Morgan fingerprint density at radius 3 is 2.88 bits per heavy atom. The third kappa shape index (κ3) is 3.40. The van der Waals surface area contributed by atoms with Crippen molar-refractivity contribution in [3.63, 3.8) is 0 Å². The molecule has 6 heteroatoms. The van der Waals surface area contributed by atoms with Gasteiger partial charge in [-0.25, -0.2) is 14.8 Å². The second-order valence-corrected chi connectivity index (χ2v) is 8.25. The standard InChI is InChI=1S/C27H21N3O3/c1-17-6-4-12-30-15-19(28-26(17)30)16-33-27(31)24-21-8-2-3-9-23(21)29-25-18(10-11-22(24)25)14-20-7-5-13-32-20/h2-9,12-15H,10-11,16H2,1H3/b18-14+. The number of allylic oxidation sites excluding steroid dienone is 1. The molecule has 1 aromatic carbocycles. The first-order chi connectivity index (χ1) is 16.2. The lowest BCUT2D eigenvalue weighted by Gasteiger charge is -2.12. The molecular formula is C27H21N3O3. The Labute approximate surface area is 190 Å². The van der Waals surface area contributed by atoms with Gasteiger partial charge in [-0.2, -0.15) is 0 Å². The average Bonchev–Trinajstić information content (AvgIpc) is 3.57. The molecule has 0 N–H and O–H groups in total. The number of pyridine rings is 2. The van der Waals surface area contributed by atoms with Crippen LogP contribution in [0.15, 0.2) is 71.6 Å². The number of rotatable bonds is 4. The molecule has 0 radical (unpaired) electrons. The van der Waals surface area contributed by atoms with Gasteiger partial charge in [0, 0.05) is 17.8 Å². The number of carbonyl (C=O) groups excluding carboxylic acids is 1. The third-order valence-corrected chi connectivity index (χ3v) is 6.08. The summed E-state index contributed by atoms with van der Waals surface area (Å²) in [5.41, 5.74) is 6.87. The highest BCUT2D eigenvalue weighted by atomic mass is 16.5. The first-order valence-electron chi connectivity index (χ1n) is 10.9. The second-order valence-electron chi connectivity index (χ2n) is 8.25. The summed E-state index contributed by atoms with van der Waals surface area (Å²) in [5.74, 6) is 0.428. The Morgan fingerprint density at radius 1 is 1.12 bits per heavy atom. The third-order valence-electron chi connectivity index (χ3n) is 6.08. The first kappa shape index (κ1) is 19.5. The Hall–Kier alpha value is -4.19. The number of carbonyl (C=O) groups is 1. The zero-order valence-corrected chi connectivity index (χ0v) is 18.1. The quantitative estimate of drug-likeness (QED) is 0.342. The number of hydrogen-bond donors (Lipinski definition) is 0. The van der Waals surface area contributed by atoms with Gasteiger partial charge >= 0.3 is 5.97 Å². The molecule has 5 aromatic rings. The van der Waals surface area contributed by atoms with E-state index in [1.807, 2.05) is 78.3 Å². The predicted octanol–water partition coefficient (Wildman–Crippen LogP) is 5.63. The van der Waals surface area contributed by atoms with Crippen LogP contribution in [0, 0.1) is 6.92 Å². The fraction of sp³-hybridized carbons (Fsp3) is 0.148. The van der Waals surface area contributed by atoms with Crippen LogP contribution in [0.5, 0.6) is 0 Å². The van der Waals surface area contributed by atoms with Crippen molar-refractivity contribution in [2.24, 2.45) is 0 Å². The summed E-state index contributed by atoms with van der Waals surface area (Å²) in [6.45, 7) is 2.12. The number of nitrogens with zero attached hydrogens (tertiary/aromatic N) is 3. The predicted molar refractivity (Wildman–Crippen MR) is 126 cm³/mol. The van der Waals surface area contributed by atoms with Crippen LogP contribution in [-0.4, -0.2) is 20.3 Å². The van der Waals surface area contributed by atoms with Crippen molar-refractivity contribution in [2.75, 3.05) is 0 Å². The van der Waals surface area contributed by atoms with Crippen molar-refractivity contribution in [1.82, 2.24) is 14.4 Å². The highest BCUT2D eigenvalue weighted by Gasteiger charge is 2.28. The van der Waals surface area contributed by atoms with Crippen molar-refractivity contribution in [3.8, 4) is 0 Å². The van der Waals surface area contributed by atoms with Crippen molar-refractivity contribution >= 4 is 34.2 Å². The second kappa shape index (κ2) is 7.74. The molecule has 0 spiro atoms. The van der Waals surface area contributed by atoms with E-state index in [2.05, 4.69) is 4.98 Å². The van der Waals surface area contributed by atoms with E-state index in [1.165, 1.54) is 0 Å². The maximum absolute atomic E-state index is 13.4. The zero-order chi connectivity index (χ0) is 22.4. The normalized spacial score (nSPS) is 14.3. The summed E-state index contributed by atoms with van der Waals surface area (Å²) in [6, 6.07) is 15.5. The van der Waals surface area contributed by atoms with Crippen molar-refractivity contribution in [3.05, 3.63) is 101 Å². The Morgan fingerprint density at radius 2 is 2.03 bits per heavy atom. The van der Waals surface area contributed by atoms with Crippen LogP contribution in [0.3, 0.4) is 0 Å². The molecule has 0 aliphatic heterocycles. The molecule has 162 valence electrons. The van der Waals surface area contributed by atoms with Crippen LogP contribution in [0.25, 0.3) is 28.2 Å². The number of benzene rings is 1. The molecule has 1 aliphatic rings. The van der Waals surface area contributed by atoms with Crippen molar-refractivity contribution < 1.29 is 13.9 Å². The number of aryl methyl sites for hydroxylation is 1. The van der Waals surface area contributed by atoms with Gasteiger partial charge in [-0.3, -0.25) is 0 Å². The fourth-order valence-corrected chi connectivity index (χ4v) is 4.54. The number of aromatic nitrogens is 3. The molecule has 4 heterocycles. The van der Waals surface area contributed by atoms with Gasteiger partial charge in [0.15, 0.2) is 0 Å². The molecular weight excluding hydrogens is 414 g/mol. The summed E-state index contributed by atoms with van der Waals surface area (Å²) < 4.78 is 13.2. The summed E-state index contributed by atoms with van der Waals surface area (Å²) in [7, 11) is 0. The van der Waals surface area contributed by atoms with E-state index in [9.17, 15) is 4.79 Å². The van der Waals surface area contributed by atoms with Crippen LogP contribution in [0.2, 0.25) is 0 Å². The topological polar surface area (TPSA) is 69.6 Å². The lowest BCUT2D eigenvalue weighted by atomic mass is 10.0. The maximum Gasteiger partial charge on any atom is 0.339 e. The minimum atomic E-state index is -0.349. The Kier molecular flexibility index (Phi) is 4.57. The number of fused-ring (bicyclic) bond motifs is 3. The maximum atomic E-state index is 13.4. The number of ether oxygens (including phenoxy) is 1. The highest BCUT2D eigenvalue weighted by molar-refractivity contribution is 6.07. The summed E-state index contributed by atoms with van der Waals surface area (Å²) in [6.07, 6.45) is 9.02. The smallest absolute Gasteiger partial charge is 0.339 e. The van der Waals surface area contributed by atoms with E-state index in [-0.39, 0.29) is 12.6 Å². The molecule has 0 atom stereocenters. The van der Waals surface area contributed by atoms with E-state index in [0.29, 0.717) is 11.3 Å². The lowest BCUT2D eigenvalue weighted by Crippen LogP contribution is -2.10. The van der Waals surface area contributed by atoms with Gasteiger partial charge in [-0.05, 0) is 66.8 Å². The molecule has 6 rings (SSSR count). The number of para-hydroxylation sites is 1. The van der Waals surface area contributed by atoms with Gasteiger partial charge in [0.05, 0.1) is 28.7 Å². The van der Waals surface area contributed by atoms with Crippen LogP contribution < -0.4 is 0 Å². The summed E-state index contributed by atoms with van der Waals surface area (Å²) in [4.78, 5) is 22.9. The summed E-state index contributed by atoms with van der Waals surface area (Å²) in [5, 5.41) is 0.811. The van der Waals surface area contributed by atoms with E-state index in [1.54, 1.807) is 6.26 Å². The number of esters is 1. The Balaban J connectivity index is 1.37. The van der Waals surface area contributed by atoms with Crippen LogP contribution >= 0.6 is 0 Å². The molecule has 0 bridgehead atoms. The monoisotopic (exact) mass is 435 g/mol. The fourth-order valence-electron chi connectivity index (χ4n) is 4.54. The van der Waals surface area contributed by atoms with Gasteiger partial charge < -0.3 is 13.6 Å². The van der Waals surface area contributed by atoms with Gasteiger partial charge in [-0.1, -0.05) is 24.3 Å². The zero-order valence-electron chi connectivity index (χ0n) is 18.1. The van der Waals surface area contributed by atoms with E-state index < -0.39 is 0 Å². The highest BCUT2D eigenvalue weighted by Crippen LogP contribution is 2.38. The molecule has 4 aromatic heterocycles. The minimum Gasteiger partial charge on any atom is -0.465 e. The average molecular weight is 435 g/mol. The lowest BCUT2D eigenvalue weighted by molar-refractivity contribution is 0.0469. The van der Waals surface area contributed by atoms with Gasteiger partial charge in [-0.15, -0.1) is 0 Å². The Bertz CT molecular complexity index is 1540. The van der Waals surface area contributed by atoms with Gasteiger partial charge in [0.25, 0.3) is 0 Å². The number of hydrogen-bond acceptors (Lipinski definition) is 5. The molecule has 6 nitrogen and oxygen atoms in total. The van der Waals surface area contributed by atoms with Crippen molar-refractivity contribution in [2.45, 2.75) is 26.4 Å². The SMILES string of the molecule is Cc1cccn2cc(COC(=O)c3c4c(nc5ccccc35)/C(=C/c3ccco3)CC4)nc12. The molecule has 0 amide bonds. The van der Waals surface area contributed by atoms with E-state index in [0.717, 1.165) is 57.5 Å². The first-order valence-corrected chi connectivity index (χ1v) is 10.9. The summed E-state index contributed by atoms with van der Waals surface area (Å²) >= 11 is 0. The van der Waals surface area contributed by atoms with Gasteiger partial charge in [0.1, 0.15) is 18.0 Å². The number of imidazole rings is 1. The van der Waals surface area contributed by atoms with E-state index >= 15 is 0 Å². The van der Waals surface area contributed by atoms with Crippen molar-refractivity contribution in [1.29, 1.82) is 0 Å². The molecule has 0 fully saturated rings. The molecule has 1 aliphatic carbocycles. The molecule has 0 saturated heterocycles. The van der Waals surface area contributed by atoms with Crippen LogP contribution in [0.1, 0.15) is 45.1 Å². The largest absolute Gasteiger partial charge is 0.465 e. The molecule has 0 saturated carbocycles. The van der Waals surface area contributed by atoms with E-state index in [4.69, 9.17) is 14.1 Å².